The standard InChI is InChI=1S/C26H27N5O2/c1-16-10-12-23(25(32)28-16)31-22-13-11-21(19-8-5-9-20(24(19)22)26(31)33)29-17-14-27-30(15-17)18-6-3-2-4-7-18/h5,8-9,11,13-15,18,23,29H,1-4,6-7,10,12H2,(H,28,32). The lowest BCUT2D eigenvalue weighted by Gasteiger charge is -2.31. The van der Waals surface area contributed by atoms with Gasteiger partial charge in [-0.2, -0.15) is 5.10 Å². The number of hydrogen-bond acceptors (Lipinski definition) is 4. The normalized spacial score (nSPS) is 21.0. The molecular weight excluding hydrogens is 414 g/mol. The molecule has 3 aliphatic rings. The Bertz CT molecular complexity index is 1290. The third-order valence-electron chi connectivity index (χ3n) is 7.19. The van der Waals surface area contributed by atoms with Gasteiger partial charge < -0.3 is 10.6 Å². The number of nitrogens with zero attached hydrogens (tertiary/aromatic N) is 3. The number of allylic oxidation sites excluding steroid dienone is 1. The van der Waals surface area contributed by atoms with E-state index >= 15 is 0 Å². The van der Waals surface area contributed by atoms with Crippen molar-refractivity contribution in [3.63, 3.8) is 0 Å². The average molecular weight is 442 g/mol. The summed E-state index contributed by atoms with van der Waals surface area (Å²) in [5.41, 5.74) is 4.00. The van der Waals surface area contributed by atoms with Crippen molar-refractivity contribution in [2.75, 3.05) is 10.2 Å². The lowest BCUT2D eigenvalue weighted by atomic mass is 9.96. The van der Waals surface area contributed by atoms with Gasteiger partial charge in [0.05, 0.1) is 23.6 Å². The minimum Gasteiger partial charge on any atom is -0.352 e. The largest absolute Gasteiger partial charge is 0.352 e. The van der Waals surface area contributed by atoms with Crippen molar-refractivity contribution in [2.24, 2.45) is 0 Å². The fourth-order valence-electron chi connectivity index (χ4n) is 5.54. The highest BCUT2D eigenvalue weighted by Gasteiger charge is 2.40. The molecule has 0 radical (unpaired) electrons. The average Bonchev–Trinajstić information content (AvgIpc) is 3.41. The van der Waals surface area contributed by atoms with E-state index in [-0.39, 0.29) is 11.8 Å². The summed E-state index contributed by atoms with van der Waals surface area (Å²) in [5, 5.41) is 12.8. The fraction of sp³-hybridized carbons (Fsp3) is 0.346. The van der Waals surface area contributed by atoms with Crippen molar-refractivity contribution < 1.29 is 9.59 Å². The number of benzene rings is 2. The molecule has 1 aromatic heterocycles. The van der Waals surface area contributed by atoms with Crippen LogP contribution in [-0.2, 0) is 4.79 Å². The number of nitrogens with one attached hydrogen (secondary N) is 2. The number of amides is 2. The molecule has 2 fully saturated rings. The molecule has 168 valence electrons. The molecule has 7 nitrogen and oxygen atoms in total. The topological polar surface area (TPSA) is 79.3 Å². The number of hydrogen-bond donors (Lipinski definition) is 2. The maximum absolute atomic E-state index is 13.3. The van der Waals surface area contributed by atoms with Crippen LogP contribution in [0, 0.1) is 0 Å². The summed E-state index contributed by atoms with van der Waals surface area (Å²) >= 11 is 0. The van der Waals surface area contributed by atoms with Gasteiger partial charge in [-0.1, -0.05) is 38.0 Å². The summed E-state index contributed by atoms with van der Waals surface area (Å²) in [6, 6.07) is 9.67. The van der Waals surface area contributed by atoms with Gasteiger partial charge in [0.2, 0.25) is 5.91 Å². The molecule has 1 saturated carbocycles. The van der Waals surface area contributed by atoms with Crippen molar-refractivity contribution in [1.29, 1.82) is 0 Å². The van der Waals surface area contributed by atoms with Crippen molar-refractivity contribution >= 4 is 39.6 Å². The first-order valence-electron chi connectivity index (χ1n) is 11.8. The number of rotatable bonds is 4. The second kappa shape index (κ2) is 7.76. The third-order valence-corrected chi connectivity index (χ3v) is 7.19. The van der Waals surface area contributed by atoms with Crippen LogP contribution in [0.1, 0.15) is 61.3 Å². The Morgan fingerprint density at radius 2 is 1.91 bits per heavy atom. The summed E-state index contributed by atoms with van der Waals surface area (Å²) in [6.07, 6.45) is 11.4. The Balaban J connectivity index is 1.34. The zero-order valence-corrected chi connectivity index (χ0v) is 18.5. The van der Waals surface area contributed by atoms with Gasteiger partial charge in [0.1, 0.15) is 6.04 Å². The molecule has 0 bridgehead atoms. The summed E-state index contributed by atoms with van der Waals surface area (Å²) in [6.45, 7) is 3.86. The molecule has 1 unspecified atom stereocenters. The van der Waals surface area contributed by atoms with Crippen LogP contribution in [0.25, 0.3) is 10.8 Å². The monoisotopic (exact) mass is 441 g/mol. The van der Waals surface area contributed by atoms with Crippen LogP contribution in [0.15, 0.2) is 55.0 Å². The van der Waals surface area contributed by atoms with Gasteiger partial charge in [-0.25, -0.2) is 0 Å². The summed E-state index contributed by atoms with van der Waals surface area (Å²) in [4.78, 5) is 27.7. The van der Waals surface area contributed by atoms with Gasteiger partial charge in [-0.3, -0.25) is 19.2 Å². The zero-order valence-electron chi connectivity index (χ0n) is 18.5. The lowest BCUT2D eigenvalue weighted by molar-refractivity contribution is -0.122. The molecule has 2 N–H and O–H groups in total. The van der Waals surface area contributed by atoms with Crippen LogP contribution in [0.3, 0.4) is 0 Å². The number of aromatic nitrogens is 2. The maximum atomic E-state index is 13.3. The zero-order chi connectivity index (χ0) is 22.5. The number of carbonyl (C=O) groups excluding carboxylic acids is 2. The van der Waals surface area contributed by atoms with Crippen molar-refractivity contribution in [2.45, 2.75) is 57.0 Å². The van der Waals surface area contributed by atoms with E-state index in [4.69, 9.17) is 0 Å². The van der Waals surface area contributed by atoms with E-state index in [0.29, 0.717) is 30.1 Å². The van der Waals surface area contributed by atoms with Crippen molar-refractivity contribution in [1.82, 2.24) is 15.1 Å². The third kappa shape index (κ3) is 3.30. The van der Waals surface area contributed by atoms with Gasteiger partial charge in [-0.15, -0.1) is 0 Å². The van der Waals surface area contributed by atoms with Crippen LogP contribution in [0.2, 0.25) is 0 Å². The lowest BCUT2D eigenvalue weighted by Crippen LogP contribution is -2.51. The number of carbonyl (C=O) groups is 2. The predicted molar refractivity (Wildman–Crippen MR) is 129 cm³/mol. The molecule has 1 aliphatic carbocycles. The molecule has 3 heterocycles. The van der Waals surface area contributed by atoms with E-state index in [0.717, 1.165) is 27.8 Å². The van der Waals surface area contributed by atoms with Gasteiger partial charge in [-0.05, 0) is 43.9 Å². The van der Waals surface area contributed by atoms with E-state index in [1.807, 2.05) is 36.5 Å². The first-order valence-corrected chi connectivity index (χ1v) is 11.8. The minimum absolute atomic E-state index is 0.120. The van der Waals surface area contributed by atoms with Crippen LogP contribution in [0.5, 0.6) is 0 Å². The highest BCUT2D eigenvalue weighted by molar-refractivity contribution is 6.28. The Hall–Kier alpha value is -3.61. The van der Waals surface area contributed by atoms with Gasteiger partial charge in [0.15, 0.2) is 0 Å². The molecule has 2 amide bonds. The highest BCUT2D eigenvalue weighted by Crippen LogP contribution is 2.43. The molecule has 1 atom stereocenters. The van der Waals surface area contributed by atoms with Crippen LogP contribution >= 0.6 is 0 Å². The highest BCUT2D eigenvalue weighted by atomic mass is 16.2. The molecule has 2 aliphatic heterocycles. The SMILES string of the molecule is C=C1CCC(N2C(=O)c3cccc4c(Nc5cnn(C6CCCCC6)c5)ccc2c34)C(=O)N1. The van der Waals surface area contributed by atoms with Crippen molar-refractivity contribution in [3.05, 3.63) is 60.6 Å². The molecule has 2 aromatic carbocycles. The molecular formula is C26H27N5O2. The van der Waals surface area contributed by atoms with E-state index < -0.39 is 6.04 Å². The van der Waals surface area contributed by atoms with E-state index in [2.05, 4.69) is 33.2 Å². The van der Waals surface area contributed by atoms with E-state index in [1.165, 1.54) is 32.1 Å². The molecule has 1 saturated heterocycles. The van der Waals surface area contributed by atoms with Crippen LogP contribution in [-0.4, -0.2) is 27.6 Å². The summed E-state index contributed by atoms with van der Waals surface area (Å²) in [7, 11) is 0. The Morgan fingerprint density at radius 3 is 2.73 bits per heavy atom. The van der Waals surface area contributed by atoms with Crippen LogP contribution in [0.4, 0.5) is 17.1 Å². The minimum atomic E-state index is -0.522. The number of anilines is 3. The first-order chi connectivity index (χ1) is 16.1. The second-order valence-electron chi connectivity index (χ2n) is 9.31. The van der Waals surface area contributed by atoms with Gasteiger partial charge in [0, 0.05) is 33.9 Å². The van der Waals surface area contributed by atoms with Gasteiger partial charge in [0.25, 0.3) is 5.91 Å². The summed E-state index contributed by atoms with van der Waals surface area (Å²) in [5.74, 6) is -0.289. The second-order valence-corrected chi connectivity index (χ2v) is 9.31. The predicted octanol–water partition coefficient (Wildman–Crippen LogP) is 5.04. The first kappa shape index (κ1) is 20.0. The van der Waals surface area contributed by atoms with E-state index in [9.17, 15) is 9.59 Å². The smallest absolute Gasteiger partial charge is 0.259 e. The van der Waals surface area contributed by atoms with Crippen LogP contribution < -0.4 is 15.5 Å². The molecule has 7 heteroatoms. The summed E-state index contributed by atoms with van der Waals surface area (Å²) < 4.78 is 2.09. The quantitative estimate of drug-likeness (QED) is 0.595. The van der Waals surface area contributed by atoms with E-state index in [1.54, 1.807) is 4.90 Å². The molecule has 0 spiro atoms. The Labute approximate surface area is 192 Å². The fourth-order valence-corrected chi connectivity index (χ4v) is 5.54. The molecule has 6 rings (SSSR count). The molecule has 33 heavy (non-hydrogen) atoms. The number of piperidine rings is 1. The van der Waals surface area contributed by atoms with Crippen molar-refractivity contribution in [3.8, 4) is 0 Å². The molecule has 3 aromatic rings. The Kier molecular flexibility index (Phi) is 4.71. The van der Waals surface area contributed by atoms with Gasteiger partial charge >= 0.3 is 0 Å². The Morgan fingerprint density at radius 1 is 1.06 bits per heavy atom. The maximum Gasteiger partial charge on any atom is 0.259 e.